The van der Waals surface area contributed by atoms with Gasteiger partial charge in [0.15, 0.2) is 0 Å². The molecule has 0 aliphatic heterocycles. The van der Waals surface area contributed by atoms with Crippen LogP contribution in [0.2, 0.25) is 0 Å². The van der Waals surface area contributed by atoms with E-state index in [0.717, 1.165) is 64.2 Å². The predicted octanol–water partition coefficient (Wildman–Crippen LogP) is 20.7. The third-order valence-electron chi connectivity index (χ3n) is 13.8. The SMILES string of the molecule is CC/C=C\C/C=C\C/C=C\C/C=C\CCCCCCCCCCCCCCCCCCCCCCCCCCC(=O)NC(CO)C(O)/C=C/CC/C=C/CC/C=C/CCCCCCCCCCCCC. The van der Waals surface area contributed by atoms with Crippen LogP contribution in [0, 0.1) is 0 Å². The maximum Gasteiger partial charge on any atom is 0.220 e. The molecule has 4 heteroatoms. The van der Waals surface area contributed by atoms with Crippen LogP contribution in [0.15, 0.2) is 85.1 Å². The molecule has 0 aliphatic rings. The van der Waals surface area contributed by atoms with Crippen LogP contribution in [0.3, 0.4) is 0 Å². The van der Waals surface area contributed by atoms with Gasteiger partial charge in [-0.05, 0) is 83.5 Å². The molecule has 0 aromatic rings. The smallest absolute Gasteiger partial charge is 0.220 e. The first kappa shape index (κ1) is 67.6. The van der Waals surface area contributed by atoms with E-state index >= 15 is 0 Å². The number of hydrogen-bond donors (Lipinski definition) is 3. The van der Waals surface area contributed by atoms with Gasteiger partial charge in [-0.2, -0.15) is 0 Å². The Bertz CT molecular complexity index is 1240. The number of carbonyl (C=O) groups is 1. The minimum atomic E-state index is -0.872. The molecule has 0 aromatic heterocycles. The minimum Gasteiger partial charge on any atom is -0.394 e. The van der Waals surface area contributed by atoms with E-state index in [1.165, 1.54) is 225 Å². The number of allylic oxidation sites excluding steroid dienone is 13. The molecule has 0 bridgehead atoms. The standard InChI is InChI=1S/C66H119NO3/c1-3-5-7-9-11-13-15-17-19-21-23-25-26-27-28-29-30-31-32-33-34-35-36-37-38-39-40-42-44-46-48-50-52-54-56-58-60-62-66(70)67-64(63-68)65(69)61-59-57-55-53-51-49-47-45-43-41-24-22-20-18-16-14-12-10-8-6-4-2/h5,7,11,13,17,19,23,25,43,45,51,53,59,61,64-65,68-69H,3-4,6,8-10,12,14-16,18,20-22,24,26-42,44,46-50,52,54-58,60,62-63H2,1-2H3,(H,67,70)/b7-5-,13-11-,19-17-,25-23-,45-43+,53-51+,61-59+. The average Bonchev–Trinajstić information content (AvgIpc) is 3.36. The molecular formula is C66H119NO3. The van der Waals surface area contributed by atoms with Crippen molar-refractivity contribution in [2.75, 3.05) is 6.61 Å². The van der Waals surface area contributed by atoms with Crippen molar-refractivity contribution in [1.29, 1.82) is 0 Å². The normalized spacial score (nSPS) is 13.4. The van der Waals surface area contributed by atoms with Crippen LogP contribution in [-0.2, 0) is 4.79 Å². The van der Waals surface area contributed by atoms with Gasteiger partial charge in [0.1, 0.15) is 0 Å². The summed E-state index contributed by atoms with van der Waals surface area (Å²) in [5, 5.41) is 23.2. The van der Waals surface area contributed by atoms with E-state index in [9.17, 15) is 15.0 Å². The number of amides is 1. The van der Waals surface area contributed by atoms with Gasteiger partial charge in [0, 0.05) is 6.42 Å². The first-order chi connectivity index (χ1) is 34.7. The maximum atomic E-state index is 12.5. The molecule has 0 spiro atoms. The third kappa shape index (κ3) is 56.5. The second-order valence-corrected chi connectivity index (χ2v) is 20.7. The monoisotopic (exact) mass is 974 g/mol. The zero-order chi connectivity index (χ0) is 50.6. The molecule has 2 atom stereocenters. The van der Waals surface area contributed by atoms with Crippen LogP contribution >= 0.6 is 0 Å². The molecule has 0 radical (unpaired) electrons. The summed E-state index contributed by atoms with van der Waals surface area (Å²) in [6.45, 7) is 4.20. The van der Waals surface area contributed by atoms with Gasteiger partial charge in [0.2, 0.25) is 5.91 Å². The van der Waals surface area contributed by atoms with E-state index in [-0.39, 0.29) is 12.5 Å². The molecule has 0 saturated heterocycles. The lowest BCUT2D eigenvalue weighted by molar-refractivity contribution is -0.123. The van der Waals surface area contributed by atoms with E-state index < -0.39 is 12.1 Å². The Balaban J connectivity index is 3.48. The number of rotatable bonds is 56. The Hall–Kier alpha value is -2.43. The fourth-order valence-electron chi connectivity index (χ4n) is 9.20. The zero-order valence-electron chi connectivity index (χ0n) is 46.8. The van der Waals surface area contributed by atoms with Crippen LogP contribution in [-0.4, -0.2) is 34.9 Å². The van der Waals surface area contributed by atoms with Crippen LogP contribution in [0.1, 0.15) is 309 Å². The summed E-state index contributed by atoms with van der Waals surface area (Å²) < 4.78 is 0. The molecule has 1 amide bonds. The Morgan fingerprint density at radius 3 is 1.00 bits per heavy atom. The Kier molecular flexibility index (Phi) is 58.8. The fraction of sp³-hybridized carbons (Fsp3) is 0.773. The molecule has 0 heterocycles. The summed E-state index contributed by atoms with van der Waals surface area (Å²) >= 11 is 0. The summed E-state index contributed by atoms with van der Waals surface area (Å²) in [5.41, 5.74) is 0. The Morgan fingerprint density at radius 2 is 0.643 bits per heavy atom. The number of hydrogen-bond acceptors (Lipinski definition) is 3. The van der Waals surface area contributed by atoms with Gasteiger partial charge in [-0.15, -0.1) is 0 Å². The van der Waals surface area contributed by atoms with Gasteiger partial charge in [0.25, 0.3) is 0 Å². The number of aliphatic hydroxyl groups is 2. The quantitative estimate of drug-likeness (QED) is 0.0420. The van der Waals surface area contributed by atoms with E-state index in [2.05, 4.69) is 92.1 Å². The highest BCUT2D eigenvalue weighted by Crippen LogP contribution is 2.17. The summed E-state index contributed by atoms with van der Waals surface area (Å²) in [7, 11) is 0. The highest BCUT2D eigenvalue weighted by Gasteiger charge is 2.18. The maximum absolute atomic E-state index is 12.5. The van der Waals surface area contributed by atoms with Crippen LogP contribution in [0.25, 0.3) is 0 Å². The predicted molar refractivity (Wildman–Crippen MR) is 313 cm³/mol. The topological polar surface area (TPSA) is 69.6 Å². The van der Waals surface area contributed by atoms with Gasteiger partial charge >= 0.3 is 0 Å². The van der Waals surface area contributed by atoms with Crippen LogP contribution in [0.5, 0.6) is 0 Å². The van der Waals surface area contributed by atoms with Crippen molar-refractivity contribution in [1.82, 2.24) is 5.32 Å². The molecule has 0 aromatic carbocycles. The minimum absolute atomic E-state index is 0.0745. The lowest BCUT2D eigenvalue weighted by atomic mass is 10.0. The molecule has 70 heavy (non-hydrogen) atoms. The molecule has 0 rings (SSSR count). The second kappa shape index (κ2) is 60.9. The number of unbranched alkanes of at least 4 members (excludes halogenated alkanes) is 37. The van der Waals surface area contributed by atoms with Crippen molar-refractivity contribution in [2.45, 2.75) is 321 Å². The first-order valence-electron chi connectivity index (χ1n) is 30.8. The lowest BCUT2D eigenvalue weighted by Gasteiger charge is -2.19. The molecule has 4 nitrogen and oxygen atoms in total. The number of carbonyl (C=O) groups excluding carboxylic acids is 1. The van der Waals surface area contributed by atoms with Crippen molar-refractivity contribution in [3.8, 4) is 0 Å². The van der Waals surface area contributed by atoms with Crippen LogP contribution < -0.4 is 5.32 Å². The van der Waals surface area contributed by atoms with Gasteiger partial charge in [-0.1, -0.05) is 304 Å². The molecule has 0 saturated carbocycles. The second-order valence-electron chi connectivity index (χ2n) is 20.7. The highest BCUT2D eigenvalue weighted by atomic mass is 16.3. The zero-order valence-corrected chi connectivity index (χ0v) is 46.8. The van der Waals surface area contributed by atoms with Crippen molar-refractivity contribution >= 4 is 5.91 Å². The third-order valence-corrected chi connectivity index (χ3v) is 13.8. The van der Waals surface area contributed by atoms with Crippen LogP contribution in [0.4, 0.5) is 0 Å². The number of aliphatic hydroxyl groups excluding tert-OH is 2. The van der Waals surface area contributed by atoms with Crippen molar-refractivity contribution in [2.24, 2.45) is 0 Å². The van der Waals surface area contributed by atoms with Gasteiger partial charge < -0.3 is 15.5 Å². The van der Waals surface area contributed by atoms with Gasteiger partial charge in [-0.3, -0.25) is 4.79 Å². The van der Waals surface area contributed by atoms with E-state index in [4.69, 9.17) is 0 Å². The fourth-order valence-corrected chi connectivity index (χ4v) is 9.20. The molecule has 0 fully saturated rings. The van der Waals surface area contributed by atoms with Crippen molar-refractivity contribution in [3.05, 3.63) is 85.1 Å². The Morgan fingerprint density at radius 1 is 0.357 bits per heavy atom. The van der Waals surface area contributed by atoms with E-state index in [0.29, 0.717) is 6.42 Å². The molecule has 406 valence electrons. The Labute approximate surface area is 437 Å². The average molecular weight is 975 g/mol. The molecule has 0 aliphatic carbocycles. The van der Waals surface area contributed by atoms with Gasteiger partial charge in [0.05, 0.1) is 18.8 Å². The highest BCUT2D eigenvalue weighted by molar-refractivity contribution is 5.76. The summed E-state index contributed by atoms with van der Waals surface area (Å²) in [4.78, 5) is 12.5. The lowest BCUT2D eigenvalue weighted by Crippen LogP contribution is -2.45. The summed E-state index contributed by atoms with van der Waals surface area (Å²) in [6, 6.07) is -0.648. The van der Waals surface area contributed by atoms with Gasteiger partial charge in [-0.25, -0.2) is 0 Å². The largest absolute Gasteiger partial charge is 0.394 e. The summed E-state index contributed by atoms with van der Waals surface area (Å²) in [6.07, 6.45) is 89.2. The van der Waals surface area contributed by atoms with E-state index in [1.54, 1.807) is 6.08 Å². The molecule has 3 N–H and O–H groups in total. The molecule has 2 unspecified atom stereocenters. The first-order valence-corrected chi connectivity index (χ1v) is 30.8. The summed E-state index contributed by atoms with van der Waals surface area (Å²) in [5.74, 6) is -0.0745. The molecular weight excluding hydrogens is 855 g/mol. The van der Waals surface area contributed by atoms with Crippen molar-refractivity contribution < 1.29 is 15.0 Å². The van der Waals surface area contributed by atoms with E-state index in [1.807, 2.05) is 6.08 Å². The van der Waals surface area contributed by atoms with Crippen molar-refractivity contribution in [3.63, 3.8) is 0 Å². The number of nitrogens with one attached hydrogen (secondary N) is 1.